The summed E-state index contributed by atoms with van der Waals surface area (Å²) in [7, 11) is 0. The molecule has 0 radical (unpaired) electrons. The molecular formula is C26H36N2O9. The van der Waals surface area contributed by atoms with Crippen molar-refractivity contribution < 1.29 is 44.8 Å². The molecule has 2 heterocycles. The van der Waals surface area contributed by atoms with Crippen LogP contribution in [0.5, 0.6) is 0 Å². The zero-order chi connectivity index (χ0) is 26.4. The summed E-state index contributed by atoms with van der Waals surface area (Å²) in [5.74, 6) is 0. The van der Waals surface area contributed by atoms with Gasteiger partial charge in [-0.1, -0.05) is 60.7 Å². The van der Waals surface area contributed by atoms with Crippen LogP contribution in [0, 0.1) is 0 Å². The average Bonchev–Trinajstić information content (AvgIpc) is 2.93. The van der Waals surface area contributed by atoms with E-state index in [1.165, 1.54) is 0 Å². The van der Waals surface area contributed by atoms with Crippen molar-refractivity contribution >= 4 is 0 Å². The highest BCUT2D eigenvalue weighted by molar-refractivity contribution is 5.16. The average molecular weight is 521 g/mol. The normalized spacial score (nSPS) is 36.4. The van der Waals surface area contributed by atoms with E-state index in [-0.39, 0.29) is 0 Å². The van der Waals surface area contributed by atoms with Crippen molar-refractivity contribution in [2.24, 2.45) is 0 Å². The topological polar surface area (TPSA) is 173 Å². The van der Waals surface area contributed by atoms with Crippen molar-refractivity contribution in [3.05, 3.63) is 71.8 Å². The lowest BCUT2D eigenvalue weighted by atomic mass is 9.94. The van der Waals surface area contributed by atoms with Crippen molar-refractivity contribution in [1.82, 2.24) is 10.6 Å². The second kappa shape index (κ2) is 13.2. The molecule has 0 aromatic heterocycles. The fraction of sp³-hybridized carbons (Fsp3) is 0.538. The number of benzene rings is 2. The number of hydrogen-bond donors (Lipinski definition) is 8. The van der Waals surface area contributed by atoms with Crippen LogP contribution < -0.4 is 10.6 Å². The second-order valence-corrected chi connectivity index (χ2v) is 9.33. The lowest BCUT2D eigenvalue weighted by Crippen LogP contribution is -2.69. The first kappa shape index (κ1) is 28.0. The van der Waals surface area contributed by atoms with Crippen LogP contribution in [0.2, 0.25) is 0 Å². The van der Waals surface area contributed by atoms with E-state index < -0.39 is 74.5 Å². The third-order valence-corrected chi connectivity index (χ3v) is 6.77. The van der Waals surface area contributed by atoms with E-state index in [1.807, 2.05) is 60.7 Å². The zero-order valence-corrected chi connectivity index (χ0v) is 20.3. The first-order valence-electron chi connectivity index (χ1n) is 12.4. The van der Waals surface area contributed by atoms with Crippen LogP contribution in [0.3, 0.4) is 0 Å². The Morgan fingerprint density at radius 3 is 1.78 bits per heavy atom. The Hall–Kier alpha value is -2.00. The van der Waals surface area contributed by atoms with Gasteiger partial charge in [-0.2, -0.15) is 0 Å². The number of hydrogen-bond acceptors (Lipinski definition) is 11. The predicted molar refractivity (Wildman–Crippen MR) is 131 cm³/mol. The highest BCUT2D eigenvalue weighted by atomic mass is 16.7. The molecule has 2 aromatic carbocycles. The van der Waals surface area contributed by atoms with Gasteiger partial charge in [0.15, 0.2) is 6.29 Å². The molecule has 37 heavy (non-hydrogen) atoms. The molecule has 2 aliphatic heterocycles. The van der Waals surface area contributed by atoms with Gasteiger partial charge in [-0.05, 0) is 11.1 Å². The molecule has 0 spiro atoms. The lowest BCUT2D eigenvalue weighted by molar-refractivity contribution is -0.337. The minimum atomic E-state index is -1.66. The van der Waals surface area contributed by atoms with Gasteiger partial charge in [-0.15, -0.1) is 0 Å². The highest BCUT2D eigenvalue weighted by Gasteiger charge is 2.50. The van der Waals surface area contributed by atoms with Gasteiger partial charge >= 0.3 is 0 Å². The largest absolute Gasteiger partial charge is 0.394 e. The first-order chi connectivity index (χ1) is 17.9. The van der Waals surface area contributed by atoms with Crippen molar-refractivity contribution in [3.63, 3.8) is 0 Å². The van der Waals surface area contributed by atoms with Crippen LogP contribution in [0.4, 0.5) is 0 Å². The van der Waals surface area contributed by atoms with E-state index in [1.54, 1.807) is 0 Å². The number of aliphatic hydroxyl groups is 6. The van der Waals surface area contributed by atoms with Crippen molar-refractivity contribution in [1.29, 1.82) is 0 Å². The number of ether oxygens (including phenoxy) is 3. The summed E-state index contributed by atoms with van der Waals surface area (Å²) in [4.78, 5) is 0. The molecule has 10 atom stereocenters. The van der Waals surface area contributed by atoms with E-state index in [4.69, 9.17) is 14.2 Å². The van der Waals surface area contributed by atoms with Crippen molar-refractivity contribution in [2.45, 2.75) is 74.4 Å². The van der Waals surface area contributed by atoms with Crippen LogP contribution in [-0.2, 0) is 27.3 Å². The van der Waals surface area contributed by atoms with E-state index in [0.717, 1.165) is 11.1 Å². The Morgan fingerprint density at radius 2 is 1.22 bits per heavy atom. The fourth-order valence-electron chi connectivity index (χ4n) is 4.65. The summed E-state index contributed by atoms with van der Waals surface area (Å²) < 4.78 is 17.4. The van der Waals surface area contributed by atoms with Gasteiger partial charge in [0.05, 0.1) is 19.3 Å². The maximum absolute atomic E-state index is 11.4. The minimum Gasteiger partial charge on any atom is -0.394 e. The molecule has 0 bridgehead atoms. The molecule has 8 N–H and O–H groups in total. The molecule has 11 heteroatoms. The molecule has 0 unspecified atom stereocenters. The summed E-state index contributed by atoms with van der Waals surface area (Å²) in [5, 5.41) is 68.2. The Kier molecular flexibility index (Phi) is 9.98. The molecule has 2 saturated heterocycles. The number of aliphatic hydroxyl groups excluding tert-OH is 6. The molecule has 0 amide bonds. The van der Waals surface area contributed by atoms with Gasteiger partial charge in [0.1, 0.15) is 49.0 Å². The molecule has 0 saturated carbocycles. The van der Waals surface area contributed by atoms with Gasteiger partial charge in [0.25, 0.3) is 0 Å². The Balaban J connectivity index is 1.52. The van der Waals surface area contributed by atoms with Crippen LogP contribution >= 0.6 is 0 Å². The van der Waals surface area contributed by atoms with E-state index in [0.29, 0.717) is 13.1 Å². The molecule has 2 aromatic rings. The summed E-state index contributed by atoms with van der Waals surface area (Å²) in [5.41, 5.74) is 1.98. The minimum absolute atomic E-state index is 0.409. The van der Waals surface area contributed by atoms with Gasteiger partial charge in [-0.25, -0.2) is 0 Å². The third-order valence-electron chi connectivity index (χ3n) is 6.77. The molecule has 2 aliphatic rings. The molecule has 0 aliphatic carbocycles. The zero-order valence-electron chi connectivity index (χ0n) is 20.3. The summed E-state index contributed by atoms with van der Waals surface area (Å²) in [6.07, 6.45) is -11.7. The second-order valence-electron chi connectivity index (χ2n) is 9.33. The quantitative estimate of drug-likeness (QED) is 0.178. The van der Waals surface area contributed by atoms with E-state index >= 15 is 0 Å². The van der Waals surface area contributed by atoms with Crippen LogP contribution in [-0.4, -0.2) is 105 Å². The van der Waals surface area contributed by atoms with E-state index in [2.05, 4.69) is 10.6 Å². The van der Waals surface area contributed by atoms with Crippen LogP contribution in [0.1, 0.15) is 11.1 Å². The molecule has 204 valence electrons. The first-order valence-corrected chi connectivity index (χ1v) is 12.4. The Morgan fingerprint density at radius 1 is 0.649 bits per heavy atom. The highest BCUT2D eigenvalue weighted by Crippen LogP contribution is 2.29. The number of nitrogens with one attached hydrogen (secondary N) is 2. The van der Waals surface area contributed by atoms with Gasteiger partial charge in [-0.3, -0.25) is 5.32 Å². The van der Waals surface area contributed by atoms with Crippen LogP contribution in [0.25, 0.3) is 0 Å². The predicted octanol–water partition coefficient (Wildman–Crippen LogP) is -1.80. The van der Waals surface area contributed by atoms with Gasteiger partial charge in [0.2, 0.25) is 0 Å². The van der Waals surface area contributed by atoms with Crippen molar-refractivity contribution in [3.8, 4) is 0 Å². The van der Waals surface area contributed by atoms with Crippen molar-refractivity contribution in [2.75, 3.05) is 13.2 Å². The molecule has 11 nitrogen and oxygen atoms in total. The maximum atomic E-state index is 11.4. The lowest BCUT2D eigenvalue weighted by Gasteiger charge is -2.47. The number of rotatable bonds is 10. The monoisotopic (exact) mass is 520 g/mol. The smallest absolute Gasteiger partial charge is 0.187 e. The summed E-state index contributed by atoms with van der Waals surface area (Å²) in [6.45, 7) is -0.275. The summed E-state index contributed by atoms with van der Waals surface area (Å²) >= 11 is 0. The fourth-order valence-corrected chi connectivity index (χ4v) is 4.65. The van der Waals surface area contributed by atoms with E-state index in [9.17, 15) is 30.6 Å². The summed E-state index contributed by atoms with van der Waals surface area (Å²) in [6, 6.07) is 18.5. The molecule has 4 rings (SSSR count). The Bertz CT molecular complexity index is 938. The molecular weight excluding hydrogens is 484 g/mol. The SMILES string of the molecule is OC[C@H]1O[C@H](O[C@H]2[C@H](O)[C@@H](NCc3ccccc3)[C@H](NCc3ccccc3)O[C@@H]2CO)[C@H](O)[C@@H](O)[C@H]1O. The van der Waals surface area contributed by atoms with Gasteiger partial charge in [0, 0.05) is 13.1 Å². The molecule has 2 fully saturated rings. The third kappa shape index (κ3) is 6.72. The maximum Gasteiger partial charge on any atom is 0.187 e. The van der Waals surface area contributed by atoms with Crippen LogP contribution in [0.15, 0.2) is 60.7 Å². The van der Waals surface area contributed by atoms with Gasteiger partial charge < -0.3 is 50.2 Å². The Labute approximate surface area is 215 Å². The standard InChI is InChI=1S/C26H36N2O9/c29-13-17-20(31)22(33)23(34)26(36-17)37-24-18(14-30)35-25(28-12-16-9-5-2-6-10-16)19(21(24)32)27-11-15-7-3-1-4-8-15/h1-10,17-34H,11-14H2/t17-,18-,19-,20+,21-,22+,23-,24-,25-,26-/m1/s1.